The molecule has 17 aromatic carbocycles. The van der Waals surface area contributed by atoms with E-state index in [-0.39, 0.29) is 21.7 Å². The summed E-state index contributed by atoms with van der Waals surface area (Å²) in [6.07, 6.45) is 0. The van der Waals surface area contributed by atoms with Crippen molar-refractivity contribution in [2.24, 2.45) is 0 Å². The van der Waals surface area contributed by atoms with Crippen LogP contribution in [0.1, 0.15) is 99.9 Å². The molecule has 22 aromatic rings. The standard InChI is InChI=1S/C66H46N2O3.C30H22Br2O.C18H13NO/c1-65(2)50-35-41(67(39-19-7-5-8-20-39)54-28-17-26-45-43-23-11-14-30-57(43)69-62(45)54)33-34-42(50)48-36-49-52(37-51(48)65)66(3,4)53-38-56(61-47-25-13-16-32-59(47)71-64(61)60(49)53)68(40-21-9-6-10-22-40)55-29-18-27-46-44-24-12-15-31-58(44)70-63(46)55;1-29(2)20-11-15(31)9-10-16(20)18-12-19-22(13-21(18)29)30(3,4)23-14-24(32)27-17-7-5-6-8-25(17)33-28(27)26(19)23;1-2-7-13(8-3-1)19-16-11-6-10-15-14-9-4-5-12-17(14)20-18(15)16/h5-38H,1-4H3;5-14H,1-4H3;1-12,19H. The van der Waals surface area contributed by atoms with Gasteiger partial charge in [-0.3, -0.25) is 0 Å². The van der Waals surface area contributed by atoms with Gasteiger partial charge in [0, 0.05) is 113 Å². The fourth-order valence-corrected chi connectivity index (χ4v) is 22.1. The number of nitrogens with zero attached hydrogens (tertiary/aromatic N) is 2. The van der Waals surface area contributed by atoms with Gasteiger partial charge in [0.2, 0.25) is 0 Å². The molecule has 0 bridgehead atoms. The number of halogens is 2. The zero-order valence-corrected chi connectivity index (χ0v) is 72.7. The highest BCUT2D eigenvalue weighted by Crippen LogP contribution is 2.63. The molecule has 0 unspecified atom stereocenters. The first-order valence-electron chi connectivity index (χ1n) is 42.6. The Hall–Kier alpha value is -13.9. The second kappa shape index (κ2) is 27.3. The Labute approximate surface area is 733 Å². The first-order valence-corrected chi connectivity index (χ1v) is 44.1. The van der Waals surface area contributed by atoms with Crippen molar-refractivity contribution in [1.29, 1.82) is 0 Å². The molecule has 0 radical (unpaired) electrons. The maximum atomic E-state index is 7.19. The fraction of sp³-hybridized carbons (Fsp3) is 0.105. The van der Waals surface area contributed by atoms with Crippen LogP contribution in [0, 0.1) is 0 Å². The zero-order chi connectivity index (χ0) is 83.6. The number of anilines is 8. The van der Waals surface area contributed by atoms with Gasteiger partial charge in [-0.05, 0) is 211 Å². The molecule has 8 nitrogen and oxygen atoms in total. The van der Waals surface area contributed by atoms with Crippen LogP contribution in [0.3, 0.4) is 0 Å². The van der Waals surface area contributed by atoms with Crippen molar-refractivity contribution < 1.29 is 22.1 Å². The van der Waals surface area contributed by atoms with E-state index in [4.69, 9.17) is 22.1 Å². The molecule has 0 saturated heterocycles. The molecular weight excluding hydrogens is 1650 g/mol. The molecule has 4 aliphatic rings. The largest absolute Gasteiger partial charge is 0.455 e. The molecule has 0 aliphatic heterocycles. The molecule has 0 spiro atoms. The van der Waals surface area contributed by atoms with Crippen molar-refractivity contribution in [3.8, 4) is 44.5 Å². The SMILES string of the molecule is CC1(C)c2cc(Br)ccc2-c2cc3c(cc21)C(C)(C)c1cc(Br)c2c(oc4ccccc42)c1-3.CC1(C)c2cc(N(c3ccccc3)c3cccc4c3oc3ccccc34)ccc2-c2cc3c(cc21)C(C)(C)c1cc(N(c2ccccc2)c2cccc4c2oc2ccccc24)c2c(oc4ccccc42)c1-3.c1ccc(Nc2cccc3c2oc2ccccc23)cc1. The first-order chi connectivity index (χ1) is 60.3. The molecule has 4 aliphatic carbocycles. The summed E-state index contributed by atoms with van der Waals surface area (Å²) in [6.45, 7) is 18.9. The Balaban J connectivity index is 0.000000133. The normalized spacial score (nSPS) is 14.3. The Morgan fingerprint density at radius 3 is 1.15 bits per heavy atom. The van der Waals surface area contributed by atoms with Crippen molar-refractivity contribution in [1.82, 2.24) is 0 Å². The second-order valence-electron chi connectivity index (χ2n) is 35.6. The second-order valence-corrected chi connectivity index (χ2v) is 37.4. The van der Waals surface area contributed by atoms with Gasteiger partial charge in [0.05, 0.1) is 28.1 Å². The van der Waals surface area contributed by atoms with E-state index < -0.39 is 0 Å². The topological polar surface area (TPSA) is 84.2 Å². The summed E-state index contributed by atoms with van der Waals surface area (Å²) in [6, 6.07) is 121. The minimum Gasteiger partial charge on any atom is -0.455 e. The Bertz CT molecular complexity index is 8260. The third kappa shape index (κ3) is 10.9. The van der Waals surface area contributed by atoms with Gasteiger partial charge in [-0.15, -0.1) is 0 Å². The van der Waals surface area contributed by atoms with Crippen molar-refractivity contribution in [3.05, 3.63) is 393 Å². The van der Waals surface area contributed by atoms with Crippen LogP contribution >= 0.6 is 31.9 Å². The van der Waals surface area contributed by atoms with E-state index in [9.17, 15) is 0 Å². The number of hydrogen-bond acceptors (Lipinski definition) is 8. The lowest BCUT2D eigenvalue weighted by Gasteiger charge is -2.29. The van der Waals surface area contributed by atoms with Gasteiger partial charge in [-0.1, -0.05) is 294 Å². The summed E-state index contributed by atoms with van der Waals surface area (Å²) in [5.74, 6) is 0. The molecule has 0 fully saturated rings. The molecule has 10 heteroatoms. The number of hydrogen-bond donors (Lipinski definition) is 1. The van der Waals surface area contributed by atoms with Crippen LogP contribution in [-0.2, 0) is 21.7 Å². The molecule has 0 atom stereocenters. The van der Waals surface area contributed by atoms with Crippen LogP contribution in [0.15, 0.2) is 371 Å². The minimum absolute atomic E-state index is 0.0381. The Morgan fingerprint density at radius 1 is 0.242 bits per heavy atom. The van der Waals surface area contributed by atoms with Gasteiger partial charge in [0.25, 0.3) is 0 Å². The molecule has 596 valence electrons. The van der Waals surface area contributed by atoms with Crippen molar-refractivity contribution in [2.45, 2.75) is 77.0 Å². The maximum Gasteiger partial charge on any atom is 0.159 e. The summed E-state index contributed by atoms with van der Waals surface area (Å²) in [7, 11) is 0. The number of nitrogens with one attached hydrogen (secondary N) is 1. The van der Waals surface area contributed by atoms with E-state index in [1.165, 1.54) is 83.5 Å². The molecule has 1 N–H and O–H groups in total. The van der Waals surface area contributed by atoms with E-state index in [1.807, 2.05) is 72.8 Å². The predicted octanol–water partition coefficient (Wildman–Crippen LogP) is 34.0. The first kappa shape index (κ1) is 74.0. The van der Waals surface area contributed by atoms with E-state index in [0.717, 1.165) is 170 Å². The lowest BCUT2D eigenvalue weighted by Crippen LogP contribution is -2.19. The van der Waals surface area contributed by atoms with Crippen LogP contribution < -0.4 is 15.1 Å². The molecule has 5 aromatic heterocycles. The average molecular weight is 1730 g/mol. The van der Waals surface area contributed by atoms with Crippen LogP contribution in [0.2, 0.25) is 0 Å². The van der Waals surface area contributed by atoms with E-state index >= 15 is 0 Å². The van der Waals surface area contributed by atoms with Crippen LogP contribution in [0.25, 0.3) is 154 Å². The lowest BCUT2D eigenvalue weighted by molar-refractivity contribution is 0.637. The highest BCUT2D eigenvalue weighted by molar-refractivity contribution is 9.11. The highest BCUT2D eigenvalue weighted by atomic mass is 79.9. The van der Waals surface area contributed by atoms with E-state index in [2.05, 4.69) is 369 Å². The van der Waals surface area contributed by atoms with Crippen molar-refractivity contribution in [3.63, 3.8) is 0 Å². The van der Waals surface area contributed by atoms with Crippen LogP contribution in [0.5, 0.6) is 0 Å². The number of furan rings is 5. The van der Waals surface area contributed by atoms with Gasteiger partial charge in [-0.2, -0.15) is 0 Å². The Morgan fingerprint density at radius 2 is 0.613 bits per heavy atom. The summed E-state index contributed by atoms with van der Waals surface area (Å²) >= 11 is 7.57. The molecular formula is C114H81Br2N3O5. The molecule has 5 heterocycles. The Kier molecular flexibility index (Phi) is 16.3. The third-order valence-corrected chi connectivity index (χ3v) is 28.4. The summed E-state index contributed by atoms with van der Waals surface area (Å²) in [4.78, 5) is 4.74. The maximum absolute atomic E-state index is 7.19. The van der Waals surface area contributed by atoms with Gasteiger partial charge >= 0.3 is 0 Å². The lowest BCUT2D eigenvalue weighted by atomic mass is 9.77. The van der Waals surface area contributed by atoms with Gasteiger partial charge in [0.1, 0.15) is 39.1 Å². The highest BCUT2D eigenvalue weighted by Gasteiger charge is 2.47. The van der Waals surface area contributed by atoms with Crippen LogP contribution in [-0.4, -0.2) is 0 Å². The van der Waals surface area contributed by atoms with E-state index in [0.29, 0.717) is 0 Å². The number of fused-ring (bicyclic) bond motifs is 29. The van der Waals surface area contributed by atoms with Gasteiger partial charge < -0.3 is 37.2 Å². The monoisotopic (exact) mass is 1730 g/mol. The van der Waals surface area contributed by atoms with Gasteiger partial charge in [-0.25, -0.2) is 0 Å². The summed E-state index contributed by atoms with van der Waals surface area (Å²) < 4.78 is 35.4. The number of benzene rings is 17. The van der Waals surface area contributed by atoms with Gasteiger partial charge in [0.15, 0.2) is 16.7 Å². The molecule has 0 saturated carbocycles. The third-order valence-electron chi connectivity index (χ3n) is 27.3. The molecule has 26 rings (SSSR count). The average Bonchev–Trinajstić information content (AvgIpc) is 1.51. The summed E-state index contributed by atoms with van der Waals surface area (Å²) in [5.41, 5.74) is 37.2. The fourth-order valence-electron chi connectivity index (χ4n) is 21.2. The zero-order valence-electron chi connectivity index (χ0n) is 69.5. The van der Waals surface area contributed by atoms with E-state index in [1.54, 1.807) is 0 Å². The molecule has 0 amide bonds. The number of rotatable bonds is 8. The number of para-hydroxylation sites is 11. The quantitative estimate of drug-likeness (QED) is 0.161. The van der Waals surface area contributed by atoms with Crippen molar-refractivity contribution >= 4 is 187 Å². The minimum atomic E-state index is -0.374. The predicted molar refractivity (Wildman–Crippen MR) is 520 cm³/mol. The van der Waals surface area contributed by atoms with Crippen molar-refractivity contribution in [2.75, 3.05) is 15.1 Å². The summed E-state index contributed by atoms with van der Waals surface area (Å²) in [5, 5.41) is 14.6. The smallest absolute Gasteiger partial charge is 0.159 e. The van der Waals surface area contributed by atoms with Crippen LogP contribution in [0.4, 0.5) is 45.5 Å². The molecule has 124 heavy (non-hydrogen) atoms.